The molecule has 2 rings (SSSR count). The minimum Gasteiger partial charge on any atom is -0.497 e. The molecule has 0 unspecified atom stereocenters. The summed E-state index contributed by atoms with van der Waals surface area (Å²) in [6.07, 6.45) is 4.06. The summed E-state index contributed by atoms with van der Waals surface area (Å²) in [6, 6.07) is 13.8. The minimum absolute atomic E-state index is 0.854. The Morgan fingerprint density at radius 2 is 2.23 bits per heavy atom. The maximum Gasteiger partial charge on any atom is 0.169 e. The van der Waals surface area contributed by atoms with E-state index < -0.39 is 0 Å². The van der Waals surface area contributed by atoms with E-state index in [1.807, 2.05) is 18.2 Å². The van der Waals surface area contributed by atoms with Crippen molar-refractivity contribution < 1.29 is 9.15 Å². The van der Waals surface area contributed by atoms with Crippen molar-refractivity contribution in [2.45, 2.75) is 0 Å². The van der Waals surface area contributed by atoms with E-state index in [0.29, 0.717) is 0 Å². The Balaban J connectivity index is 0.000000145. The summed E-state index contributed by atoms with van der Waals surface area (Å²) in [7, 11) is 1.64. The molecule has 2 radical (unpaired) electrons. The molecule has 66 valence electrons. The highest BCUT2D eigenvalue weighted by Gasteiger charge is 1.80. The second-order valence-electron chi connectivity index (χ2n) is 2.17. The third-order valence-electron chi connectivity index (χ3n) is 1.29. The van der Waals surface area contributed by atoms with Crippen LogP contribution in [0.1, 0.15) is 0 Å². The van der Waals surface area contributed by atoms with Gasteiger partial charge >= 0.3 is 0 Å². The van der Waals surface area contributed by atoms with Gasteiger partial charge in [0.05, 0.1) is 13.4 Å². The fourth-order valence-electron chi connectivity index (χ4n) is 0.700. The van der Waals surface area contributed by atoms with E-state index in [1.54, 1.807) is 31.6 Å². The Kier molecular flexibility index (Phi) is 4.25. The van der Waals surface area contributed by atoms with Crippen LogP contribution in [0.15, 0.2) is 47.1 Å². The number of furan rings is 1. The first-order chi connectivity index (χ1) is 6.43. The van der Waals surface area contributed by atoms with Gasteiger partial charge in [0.15, 0.2) is 6.26 Å². The molecule has 1 heterocycles. The van der Waals surface area contributed by atoms with Crippen LogP contribution in [0.2, 0.25) is 0 Å². The third-order valence-corrected chi connectivity index (χ3v) is 1.29. The fourth-order valence-corrected chi connectivity index (χ4v) is 0.700. The molecule has 0 fully saturated rings. The summed E-state index contributed by atoms with van der Waals surface area (Å²) in [5.74, 6) is 0.854. The van der Waals surface area contributed by atoms with E-state index in [1.165, 1.54) is 0 Å². The lowest BCUT2D eigenvalue weighted by Crippen LogP contribution is -1.78. The smallest absolute Gasteiger partial charge is 0.169 e. The van der Waals surface area contributed by atoms with Crippen LogP contribution in [0, 0.1) is 12.3 Å². The highest BCUT2D eigenvalue weighted by atomic mass is 16.5. The van der Waals surface area contributed by atoms with Gasteiger partial charge in [-0.3, -0.25) is 0 Å². The first-order valence-corrected chi connectivity index (χ1v) is 3.83. The molecular formula is C11H10O2. The van der Waals surface area contributed by atoms with E-state index in [-0.39, 0.29) is 0 Å². The second kappa shape index (κ2) is 5.89. The van der Waals surface area contributed by atoms with Crippen molar-refractivity contribution in [3.8, 4) is 5.75 Å². The largest absolute Gasteiger partial charge is 0.497 e. The van der Waals surface area contributed by atoms with Crippen molar-refractivity contribution >= 4 is 0 Å². The number of benzene rings is 1. The maximum absolute atomic E-state index is 4.88. The topological polar surface area (TPSA) is 22.4 Å². The number of ether oxygens (including phenoxy) is 1. The number of rotatable bonds is 1. The average molecular weight is 174 g/mol. The molecule has 0 amide bonds. The SMILES string of the molecule is COc1c[c]ccc1.[c]1ccco1. The van der Waals surface area contributed by atoms with Crippen LogP contribution in [0.4, 0.5) is 0 Å². The Morgan fingerprint density at radius 1 is 1.31 bits per heavy atom. The van der Waals surface area contributed by atoms with Crippen LogP contribution in [0.25, 0.3) is 0 Å². The van der Waals surface area contributed by atoms with Gasteiger partial charge in [-0.2, -0.15) is 0 Å². The molecule has 13 heavy (non-hydrogen) atoms. The molecule has 2 aromatic rings. The van der Waals surface area contributed by atoms with Gasteiger partial charge in [0.1, 0.15) is 5.75 Å². The van der Waals surface area contributed by atoms with Gasteiger partial charge in [-0.1, -0.05) is 12.1 Å². The van der Waals surface area contributed by atoms with Gasteiger partial charge in [-0.25, -0.2) is 0 Å². The first kappa shape index (κ1) is 9.39. The maximum atomic E-state index is 4.88. The van der Waals surface area contributed by atoms with Crippen molar-refractivity contribution in [2.24, 2.45) is 0 Å². The molecule has 0 aliphatic heterocycles. The summed E-state index contributed by atoms with van der Waals surface area (Å²) in [4.78, 5) is 0. The average Bonchev–Trinajstić information content (AvgIpc) is 2.77. The van der Waals surface area contributed by atoms with E-state index in [2.05, 4.69) is 16.7 Å². The first-order valence-electron chi connectivity index (χ1n) is 3.83. The molecule has 2 heteroatoms. The molecule has 0 saturated heterocycles. The lowest BCUT2D eigenvalue weighted by atomic mass is 10.3. The molecule has 0 atom stereocenters. The van der Waals surface area contributed by atoms with Crippen molar-refractivity contribution in [3.63, 3.8) is 0 Å². The highest BCUT2D eigenvalue weighted by Crippen LogP contribution is 2.04. The van der Waals surface area contributed by atoms with Gasteiger partial charge in [0, 0.05) is 0 Å². The van der Waals surface area contributed by atoms with Crippen LogP contribution in [-0.4, -0.2) is 7.11 Å². The van der Waals surface area contributed by atoms with E-state index in [4.69, 9.17) is 4.74 Å². The molecule has 2 nitrogen and oxygen atoms in total. The van der Waals surface area contributed by atoms with Crippen LogP contribution >= 0.6 is 0 Å². The van der Waals surface area contributed by atoms with Crippen molar-refractivity contribution in [1.29, 1.82) is 0 Å². The van der Waals surface area contributed by atoms with Gasteiger partial charge < -0.3 is 9.15 Å². The summed E-state index contributed by atoms with van der Waals surface area (Å²) in [5, 5.41) is 0. The Labute approximate surface area is 77.8 Å². The van der Waals surface area contributed by atoms with E-state index >= 15 is 0 Å². The van der Waals surface area contributed by atoms with Gasteiger partial charge in [0.25, 0.3) is 0 Å². The Morgan fingerprint density at radius 3 is 2.54 bits per heavy atom. The normalized spacial score (nSPS) is 8.38. The predicted molar refractivity (Wildman–Crippen MR) is 49.4 cm³/mol. The molecule has 0 N–H and O–H groups in total. The minimum atomic E-state index is 0.854. The van der Waals surface area contributed by atoms with Gasteiger partial charge in [-0.15, -0.1) is 0 Å². The van der Waals surface area contributed by atoms with Crippen LogP contribution < -0.4 is 4.74 Å². The zero-order chi connectivity index (χ0) is 9.36. The molecule has 0 spiro atoms. The third kappa shape index (κ3) is 4.01. The Bertz CT molecular complexity index is 270. The monoisotopic (exact) mass is 174 g/mol. The molecule has 1 aromatic carbocycles. The van der Waals surface area contributed by atoms with Crippen molar-refractivity contribution in [2.75, 3.05) is 7.11 Å². The lowest BCUT2D eigenvalue weighted by molar-refractivity contribution is 0.414. The van der Waals surface area contributed by atoms with Crippen molar-refractivity contribution in [3.05, 3.63) is 55.0 Å². The van der Waals surface area contributed by atoms with Crippen molar-refractivity contribution in [1.82, 2.24) is 0 Å². The van der Waals surface area contributed by atoms with Crippen LogP contribution in [-0.2, 0) is 0 Å². The Hall–Kier alpha value is -1.70. The molecule has 0 aliphatic rings. The molecule has 1 aromatic heterocycles. The molecule has 0 saturated carbocycles. The van der Waals surface area contributed by atoms with Crippen LogP contribution in [0.5, 0.6) is 5.75 Å². The standard InChI is InChI=1S/C7H7O.C4H3O/c1-8-7-5-3-2-4-6-7;1-2-4-5-3-1/h2-3,5-6H,1H3;1-3H. The lowest BCUT2D eigenvalue weighted by Gasteiger charge is -1.93. The number of hydrogen-bond donors (Lipinski definition) is 0. The van der Waals surface area contributed by atoms with Gasteiger partial charge in [0.2, 0.25) is 0 Å². The summed E-state index contributed by atoms with van der Waals surface area (Å²) >= 11 is 0. The predicted octanol–water partition coefficient (Wildman–Crippen LogP) is 2.58. The van der Waals surface area contributed by atoms with Crippen LogP contribution in [0.3, 0.4) is 0 Å². The summed E-state index contributed by atoms with van der Waals surface area (Å²) in [6.45, 7) is 0. The zero-order valence-corrected chi connectivity index (χ0v) is 7.36. The van der Waals surface area contributed by atoms with Gasteiger partial charge in [-0.05, 0) is 30.3 Å². The van der Waals surface area contributed by atoms with E-state index in [9.17, 15) is 0 Å². The highest BCUT2D eigenvalue weighted by molar-refractivity contribution is 5.19. The molecule has 0 aliphatic carbocycles. The summed E-state index contributed by atoms with van der Waals surface area (Å²) < 4.78 is 9.34. The summed E-state index contributed by atoms with van der Waals surface area (Å²) in [5.41, 5.74) is 0. The number of hydrogen-bond acceptors (Lipinski definition) is 2. The quantitative estimate of drug-likeness (QED) is 0.663. The second-order valence-corrected chi connectivity index (χ2v) is 2.17. The fraction of sp³-hybridized carbons (Fsp3) is 0.0909. The zero-order valence-electron chi connectivity index (χ0n) is 7.36. The molecule has 0 bridgehead atoms. The molecular weight excluding hydrogens is 164 g/mol. The van der Waals surface area contributed by atoms with E-state index in [0.717, 1.165) is 5.75 Å². The number of methoxy groups -OCH3 is 1.